The Morgan fingerprint density at radius 3 is 2.31 bits per heavy atom. The molecule has 0 atom stereocenters. The predicted molar refractivity (Wildman–Crippen MR) is 74.0 cm³/mol. The van der Waals surface area contributed by atoms with Crippen LogP contribution in [0.2, 0.25) is 0 Å². The Labute approximate surface area is 105 Å². The van der Waals surface area contributed by atoms with E-state index in [-0.39, 0.29) is 5.91 Å². The molecule has 0 N–H and O–H groups in total. The average Bonchev–Trinajstić information content (AvgIpc) is 2.30. The van der Waals surface area contributed by atoms with E-state index in [4.69, 9.17) is 0 Å². The number of nitrogens with zero attached hydrogens (tertiary/aromatic N) is 1. The van der Waals surface area contributed by atoms with Crippen molar-refractivity contribution in [2.45, 2.75) is 52.4 Å². The molecule has 0 spiro atoms. The molecule has 2 nitrogen and oxygen atoms in total. The van der Waals surface area contributed by atoms with E-state index in [9.17, 15) is 4.79 Å². The van der Waals surface area contributed by atoms with E-state index in [1.54, 1.807) is 11.8 Å². The van der Waals surface area contributed by atoms with Gasteiger partial charge in [-0.1, -0.05) is 46.0 Å². The van der Waals surface area contributed by atoms with Gasteiger partial charge < -0.3 is 4.90 Å². The lowest BCUT2D eigenvalue weighted by molar-refractivity contribution is -0.127. The maximum atomic E-state index is 11.6. The zero-order chi connectivity index (χ0) is 12.2. The lowest BCUT2D eigenvalue weighted by Gasteiger charge is -2.16. The van der Waals surface area contributed by atoms with Crippen LogP contribution in [0.4, 0.5) is 0 Å². The minimum atomic E-state index is 0.278. The highest BCUT2D eigenvalue weighted by Gasteiger charge is 2.06. The van der Waals surface area contributed by atoms with Crippen molar-refractivity contribution < 1.29 is 4.79 Å². The normalized spacial score (nSPS) is 10.4. The van der Waals surface area contributed by atoms with E-state index in [0.29, 0.717) is 5.75 Å². The molecule has 0 saturated carbocycles. The van der Waals surface area contributed by atoms with E-state index in [0.717, 1.165) is 18.7 Å². The van der Waals surface area contributed by atoms with E-state index < -0.39 is 0 Å². The maximum Gasteiger partial charge on any atom is 0.232 e. The molecule has 0 aromatic rings. The Balaban J connectivity index is 3.35. The molecular formula is C13H27NOS. The molecule has 0 unspecified atom stereocenters. The number of hydrogen-bond donors (Lipinski definition) is 0. The fourth-order valence-corrected chi connectivity index (χ4v) is 2.15. The van der Waals surface area contributed by atoms with Gasteiger partial charge in [-0.3, -0.25) is 4.79 Å². The summed E-state index contributed by atoms with van der Waals surface area (Å²) in [7, 11) is 1.92. The Morgan fingerprint density at radius 1 is 1.06 bits per heavy atom. The number of hydrogen-bond acceptors (Lipinski definition) is 2. The second kappa shape index (κ2) is 11.3. The molecule has 3 heteroatoms. The van der Waals surface area contributed by atoms with E-state index in [1.807, 2.05) is 11.9 Å². The highest BCUT2D eigenvalue weighted by Crippen LogP contribution is 2.06. The number of unbranched alkanes of at least 4 members (excludes halogenated alkanes) is 5. The molecule has 0 saturated heterocycles. The Hall–Kier alpha value is -0.180. The van der Waals surface area contributed by atoms with Crippen LogP contribution in [0.1, 0.15) is 52.4 Å². The molecule has 0 rings (SSSR count). The summed E-state index contributed by atoms with van der Waals surface area (Å²) in [5, 5.41) is 0. The van der Waals surface area contributed by atoms with Gasteiger partial charge in [0.2, 0.25) is 5.91 Å². The molecule has 96 valence electrons. The van der Waals surface area contributed by atoms with Gasteiger partial charge in [0.05, 0.1) is 5.75 Å². The number of amides is 1. The first-order valence-corrected chi connectivity index (χ1v) is 7.69. The molecule has 0 aromatic carbocycles. The zero-order valence-electron chi connectivity index (χ0n) is 11.1. The van der Waals surface area contributed by atoms with Gasteiger partial charge >= 0.3 is 0 Å². The molecule has 16 heavy (non-hydrogen) atoms. The number of rotatable bonds is 10. The topological polar surface area (TPSA) is 20.3 Å². The van der Waals surface area contributed by atoms with Crippen LogP contribution in [0, 0.1) is 0 Å². The third kappa shape index (κ3) is 9.08. The highest BCUT2D eigenvalue weighted by atomic mass is 32.2. The largest absolute Gasteiger partial charge is 0.345 e. The summed E-state index contributed by atoms with van der Waals surface area (Å²) in [4.78, 5) is 13.5. The fourth-order valence-electron chi connectivity index (χ4n) is 1.55. The monoisotopic (exact) mass is 245 g/mol. The van der Waals surface area contributed by atoms with Gasteiger partial charge in [-0.25, -0.2) is 0 Å². The first kappa shape index (κ1) is 15.8. The van der Waals surface area contributed by atoms with Gasteiger partial charge in [-0.15, -0.1) is 0 Å². The standard InChI is InChI=1S/C13H27NOS/c1-4-6-7-8-9-10-11-14(3)13(15)12-16-5-2/h4-12H2,1-3H3. The number of carbonyl (C=O) groups excluding carboxylic acids is 1. The van der Waals surface area contributed by atoms with Crippen molar-refractivity contribution in [3.63, 3.8) is 0 Å². The van der Waals surface area contributed by atoms with Crippen LogP contribution in [-0.4, -0.2) is 35.9 Å². The Bertz CT molecular complexity index is 173. The molecule has 0 fully saturated rings. The van der Waals surface area contributed by atoms with Gasteiger partial charge in [-0.2, -0.15) is 11.8 Å². The number of carbonyl (C=O) groups is 1. The summed E-state index contributed by atoms with van der Waals surface area (Å²) in [6.45, 7) is 5.25. The average molecular weight is 245 g/mol. The number of thioether (sulfide) groups is 1. The van der Waals surface area contributed by atoms with Crippen molar-refractivity contribution in [2.75, 3.05) is 25.1 Å². The second-order valence-electron chi connectivity index (χ2n) is 4.22. The summed E-state index contributed by atoms with van der Waals surface area (Å²) in [6.07, 6.45) is 7.73. The van der Waals surface area contributed by atoms with Crippen LogP contribution in [0.15, 0.2) is 0 Å². The summed E-state index contributed by atoms with van der Waals surface area (Å²) in [5.74, 6) is 1.94. The fraction of sp³-hybridized carbons (Fsp3) is 0.923. The maximum absolute atomic E-state index is 11.6. The molecule has 0 heterocycles. The van der Waals surface area contributed by atoms with Crippen molar-refractivity contribution in [3.05, 3.63) is 0 Å². The van der Waals surface area contributed by atoms with Crippen LogP contribution in [0.25, 0.3) is 0 Å². The van der Waals surface area contributed by atoms with Gasteiger partial charge in [-0.05, 0) is 12.2 Å². The lowest BCUT2D eigenvalue weighted by atomic mass is 10.1. The molecule has 0 bridgehead atoms. The van der Waals surface area contributed by atoms with E-state index in [2.05, 4.69) is 13.8 Å². The van der Waals surface area contributed by atoms with Crippen molar-refractivity contribution in [3.8, 4) is 0 Å². The third-order valence-electron chi connectivity index (χ3n) is 2.70. The third-order valence-corrected chi connectivity index (χ3v) is 3.56. The van der Waals surface area contributed by atoms with Crippen LogP contribution < -0.4 is 0 Å². The molecule has 0 radical (unpaired) electrons. The summed E-state index contributed by atoms with van der Waals surface area (Å²) in [5.41, 5.74) is 0. The van der Waals surface area contributed by atoms with Crippen LogP contribution >= 0.6 is 11.8 Å². The van der Waals surface area contributed by atoms with Crippen molar-refractivity contribution in [1.29, 1.82) is 0 Å². The SMILES string of the molecule is CCCCCCCCN(C)C(=O)CSCC. The zero-order valence-corrected chi connectivity index (χ0v) is 11.9. The molecule has 0 aliphatic carbocycles. The van der Waals surface area contributed by atoms with Gasteiger partial charge in [0.25, 0.3) is 0 Å². The Kier molecular flexibility index (Phi) is 11.2. The van der Waals surface area contributed by atoms with Crippen LogP contribution in [0.3, 0.4) is 0 Å². The van der Waals surface area contributed by atoms with E-state index >= 15 is 0 Å². The van der Waals surface area contributed by atoms with E-state index in [1.165, 1.54) is 32.1 Å². The Morgan fingerprint density at radius 2 is 1.69 bits per heavy atom. The molecule has 1 amide bonds. The summed E-state index contributed by atoms with van der Waals surface area (Å²) in [6, 6.07) is 0. The van der Waals surface area contributed by atoms with Gasteiger partial charge in [0.1, 0.15) is 0 Å². The minimum Gasteiger partial charge on any atom is -0.345 e. The van der Waals surface area contributed by atoms with Crippen molar-refractivity contribution in [1.82, 2.24) is 4.90 Å². The lowest BCUT2D eigenvalue weighted by Crippen LogP contribution is -2.29. The van der Waals surface area contributed by atoms with Gasteiger partial charge in [0, 0.05) is 13.6 Å². The van der Waals surface area contributed by atoms with Crippen molar-refractivity contribution >= 4 is 17.7 Å². The predicted octanol–water partition coefficient (Wildman–Crippen LogP) is 3.56. The summed E-state index contributed by atoms with van der Waals surface area (Å²) >= 11 is 1.70. The quantitative estimate of drug-likeness (QED) is 0.549. The first-order valence-electron chi connectivity index (χ1n) is 6.54. The first-order chi connectivity index (χ1) is 7.72. The molecule has 0 aliphatic heterocycles. The second-order valence-corrected chi connectivity index (χ2v) is 5.49. The van der Waals surface area contributed by atoms with Crippen LogP contribution in [0.5, 0.6) is 0 Å². The summed E-state index contributed by atoms with van der Waals surface area (Å²) < 4.78 is 0. The van der Waals surface area contributed by atoms with Crippen LogP contribution in [-0.2, 0) is 4.79 Å². The minimum absolute atomic E-state index is 0.278. The van der Waals surface area contributed by atoms with Crippen molar-refractivity contribution in [2.24, 2.45) is 0 Å². The van der Waals surface area contributed by atoms with Gasteiger partial charge in [0.15, 0.2) is 0 Å². The molecule has 0 aromatic heterocycles. The highest BCUT2D eigenvalue weighted by molar-refractivity contribution is 7.99. The molecular weight excluding hydrogens is 218 g/mol. The smallest absolute Gasteiger partial charge is 0.232 e. The molecule has 0 aliphatic rings.